The van der Waals surface area contributed by atoms with Gasteiger partial charge < -0.3 is 9.47 Å². The van der Waals surface area contributed by atoms with Crippen LogP contribution in [0.1, 0.15) is 6.42 Å². The van der Waals surface area contributed by atoms with E-state index in [4.69, 9.17) is 0 Å². The maximum atomic E-state index is 12.2. The SMILES string of the molecule is CN(C)CCCn1cnc2c1c(=O)n(C)c(=O)n2C.Cl. The van der Waals surface area contributed by atoms with Crippen molar-refractivity contribution in [3.05, 3.63) is 27.2 Å². The molecule has 2 rings (SSSR count). The fourth-order valence-electron chi connectivity index (χ4n) is 2.12. The number of hydrogen-bond donors (Lipinski definition) is 0. The van der Waals surface area contributed by atoms with E-state index in [0.29, 0.717) is 17.7 Å². The van der Waals surface area contributed by atoms with Crippen molar-refractivity contribution in [2.45, 2.75) is 13.0 Å². The second-order valence-electron chi connectivity index (χ2n) is 4.97. The summed E-state index contributed by atoms with van der Waals surface area (Å²) in [6.07, 6.45) is 2.55. The van der Waals surface area contributed by atoms with Gasteiger partial charge in [0.05, 0.1) is 6.33 Å². The zero-order valence-electron chi connectivity index (χ0n) is 12.2. The molecule has 0 unspecified atom stereocenters. The summed E-state index contributed by atoms with van der Waals surface area (Å²) in [4.78, 5) is 30.2. The zero-order chi connectivity index (χ0) is 14.2. The Morgan fingerprint density at radius 3 is 2.45 bits per heavy atom. The van der Waals surface area contributed by atoms with Gasteiger partial charge in [-0.2, -0.15) is 0 Å². The van der Waals surface area contributed by atoms with Crippen LogP contribution < -0.4 is 11.2 Å². The minimum atomic E-state index is -0.351. The van der Waals surface area contributed by atoms with E-state index < -0.39 is 0 Å². The van der Waals surface area contributed by atoms with Crippen molar-refractivity contribution in [3.8, 4) is 0 Å². The minimum Gasteiger partial charge on any atom is -0.325 e. The molecule has 2 aromatic rings. The van der Waals surface area contributed by atoms with Gasteiger partial charge in [-0.1, -0.05) is 0 Å². The molecule has 0 aromatic carbocycles. The molecular weight excluding hydrogens is 282 g/mol. The van der Waals surface area contributed by atoms with Crippen LogP contribution in [0.2, 0.25) is 0 Å². The molecule has 8 heteroatoms. The van der Waals surface area contributed by atoms with E-state index in [0.717, 1.165) is 17.5 Å². The quantitative estimate of drug-likeness (QED) is 0.785. The van der Waals surface area contributed by atoms with Gasteiger partial charge in [0.2, 0.25) is 0 Å². The molecule has 2 heterocycles. The van der Waals surface area contributed by atoms with Crippen LogP contribution in [0.3, 0.4) is 0 Å². The van der Waals surface area contributed by atoms with Crippen molar-refractivity contribution < 1.29 is 0 Å². The van der Waals surface area contributed by atoms with Crippen LogP contribution in [0.4, 0.5) is 0 Å². The Morgan fingerprint density at radius 1 is 1.20 bits per heavy atom. The van der Waals surface area contributed by atoms with Crippen LogP contribution in [0.5, 0.6) is 0 Å². The van der Waals surface area contributed by atoms with Gasteiger partial charge in [-0.15, -0.1) is 12.4 Å². The first-order valence-electron chi connectivity index (χ1n) is 6.19. The Balaban J connectivity index is 0.00000200. The summed E-state index contributed by atoms with van der Waals surface area (Å²) in [6, 6.07) is 0. The highest BCUT2D eigenvalue weighted by Gasteiger charge is 2.13. The topological polar surface area (TPSA) is 65.1 Å². The minimum absolute atomic E-state index is 0. The van der Waals surface area contributed by atoms with E-state index in [1.807, 2.05) is 18.7 Å². The van der Waals surface area contributed by atoms with Crippen LogP contribution in [0.25, 0.3) is 11.2 Å². The van der Waals surface area contributed by atoms with E-state index in [2.05, 4.69) is 9.88 Å². The Morgan fingerprint density at radius 2 is 1.85 bits per heavy atom. The smallest absolute Gasteiger partial charge is 0.325 e. The van der Waals surface area contributed by atoms with Crippen LogP contribution in [-0.4, -0.2) is 44.2 Å². The molecule has 0 aliphatic heterocycles. The molecule has 112 valence electrons. The van der Waals surface area contributed by atoms with Gasteiger partial charge in [0, 0.05) is 20.6 Å². The fraction of sp³-hybridized carbons (Fsp3) is 0.583. The first kappa shape index (κ1) is 16.5. The van der Waals surface area contributed by atoms with Gasteiger partial charge in [-0.05, 0) is 27.1 Å². The van der Waals surface area contributed by atoms with E-state index in [-0.39, 0.29) is 23.7 Å². The highest BCUT2D eigenvalue weighted by atomic mass is 35.5. The first-order valence-corrected chi connectivity index (χ1v) is 6.19. The van der Waals surface area contributed by atoms with Gasteiger partial charge in [0.15, 0.2) is 11.2 Å². The normalized spacial score (nSPS) is 11.1. The van der Waals surface area contributed by atoms with Crippen molar-refractivity contribution in [1.82, 2.24) is 23.6 Å². The van der Waals surface area contributed by atoms with Gasteiger partial charge in [-0.25, -0.2) is 9.78 Å². The number of hydrogen-bond acceptors (Lipinski definition) is 4. The van der Waals surface area contributed by atoms with Gasteiger partial charge in [0.1, 0.15) is 0 Å². The molecule has 0 N–H and O–H groups in total. The van der Waals surface area contributed by atoms with Gasteiger partial charge >= 0.3 is 5.69 Å². The number of nitrogens with zero attached hydrogens (tertiary/aromatic N) is 5. The van der Waals surface area contributed by atoms with Crippen molar-refractivity contribution >= 4 is 23.6 Å². The van der Waals surface area contributed by atoms with Crippen molar-refractivity contribution in [3.63, 3.8) is 0 Å². The van der Waals surface area contributed by atoms with Gasteiger partial charge in [0.25, 0.3) is 5.56 Å². The van der Waals surface area contributed by atoms with Crippen LogP contribution in [-0.2, 0) is 20.6 Å². The fourth-order valence-corrected chi connectivity index (χ4v) is 2.12. The summed E-state index contributed by atoms with van der Waals surface area (Å²) in [5, 5.41) is 0. The Labute approximate surface area is 122 Å². The molecule has 0 bridgehead atoms. The van der Waals surface area contributed by atoms with Crippen LogP contribution in [0, 0.1) is 0 Å². The van der Waals surface area contributed by atoms with E-state index in [1.165, 1.54) is 11.6 Å². The molecule has 7 nitrogen and oxygen atoms in total. The molecule has 0 spiro atoms. The summed E-state index contributed by atoms with van der Waals surface area (Å²) >= 11 is 0. The molecule has 0 radical (unpaired) electrons. The maximum absolute atomic E-state index is 12.2. The number of rotatable bonds is 4. The Hall–Kier alpha value is -1.60. The summed E-state index contributed by atoms with van der Waals surface area (Å²) < 4.78 is 4.34. The molecule has 2 aromatic heterocycles. The molecule has 0 saturated carbocycles. The predicted octanol–water partition coefficient (Wildman–Crippen LogP) is -0.193. The summed E-state index contributed by atoms with van der Waals surface area (Å²) in [6.45, 7) is 1.65. The highest BCUT2D eigenvalue weighted by molar-refractivity contribution is 5.85. The highest BCUT2D eigenvalue weighted by Crippen LogP contribution is 2.06. The lowest BCUT2D eigenvalue weighted by Gasteiger charge is -2.10. The number of halogens is 1. The molecule has 0 aliphatic rings. The van der Waals surface area contributed by atoms with Gasteiger partial charge in [-0.3, -0.25) is 13.9 Å². The molecule has 0 amide bonds. The summed E-state index contributed by atoms with van der Waals surface area (Å²) in [7, 11) is 7.13. The number of aromatic nitrogens is 4. The van der Waals surface area contributed by atoms with Crippen molar-refractivity contribution in [2.24, 2.45) is 14.1 Å². The predicted molar refractivity (Wildman–Crippen MR) is 80.6 cm³/mol. The number of fused-ring (bicyclic) bond motifs is 1. The lowest BCUT2D eigenvalue weighted by Crippen LogP contribution is -2.37. The van der Waals surface area contributed by atoms with Crippen LogP contribution in [0.15, 0.2) is 15.9 Å². The third-order valence-corrected chi connectivity index (χ3v) is 3.22. The molecule has 0 fully saturated rings. The second kappa shape index (κ2) is 6.23. The molecule has 0 atom stereocenters. The standard InChI is InChI=1S/C12H19N5O2.ClH/c1-14(2)6-5-7-17-8-13-10-9(17)11(18)16(4)12(19)15(10)3;/h8H,5-7H2,1-4H3;1H. The number of aryl methyl sites for hydroxylation is 2. The summed E-state index contributed by atoms with van der Waals surface area (Å²) in [5.74, 6) is 0. The summed E-state index contributed by atoms with van der Waals surface area (Å²) in [5.41, 5.74) is 0.290. The lowest BCUT2D eigenvalue weighted by atomic mass is 10.4. The maximum Gasteiger partial charge on any atom is 0.332 e. The third-order valence-electron chi connectivity index (χ3n) is 3.22. The lowest BCUT2D eigenvalue weighted by molar-refractivity contribution is 0.387. The van der Waals surface area contributed by atoms with E-state index >= 15 is 0 Å². The Kier molecular flexibility index (Phi) is 5.13. The van der Waals surface area contributed by atoms with Crippen LogP contribution >= 0.6 is 12.4 Å². The molecular formula is C12H20ClN5O2. The zero-order valence-corrected chi connectivity index (χ0v) is 13.0. The Bertz CT molecular complexity index is 713. The average Bonchev–Trinajstić information content (AvgIpc) is 2.77. The monoisotopic (exact) mass is 301 g/mol. The van der Waals surface area contributed by atoms with E-state index in [1.54, 1.807) is 13.4 Å². The largest absolute Gasteiger partial charge is 0.332 e. The molecule has 20 heavy (non-hydrogen) atoms. The third kappa shape index (κ3) is 2.78. The van der Waals surface area contributed by atoms with Crippen molar-refractivity contribution in [2.75, 3.05) is 20.6 Å². The van der Waals surface area contributed by atoms with Crippen molar-refractivity contribution in [1.29, 1.82) is 0 Å². The average molecular weight is 302 g/mol. The molecule has 0 aliphatic carbocycles. The van der Waals surface area contributed by atoms with E-state index in [9.17, 15) is 9.59 Å². The molecule has 0 saturated heterocycles. The second-order valence-corrected chi connectivity index (χ2v) is 4.97. The first-order chi connectivity index (χ1) is 8.93. The number of imidazole rings is 1.